The summed E-state index contributed by atoms with van der Waals surface area (Å²) in [5.41, 5.74) is 8.25. The number of hydrogen-bond donors (Lipinski definition) is 3. The number of carboxylic acids is 2. The van der Waals surface area contributed by atoms with Crippen molar-refractivity contribution in [1.29, 1.82) is 0 Å². The van der Waals surface area contributed by atoms with Crippen molar-refractivity contribution in [3.05, 3.63) is 58.9 Å². The van der Waals surface area contributed by atoms with Gasteiger partial charge in [0.05, 0.1) is 17.1 Å². The molecule has 10 heteroatoms. The zero-order chi connectivity index (χ0) is 20.7. The Bertz CT molecular complexity index is 1020. The van der Waals surface area contributed by atoms with E-state index in [0.717, 1.165) is 22.2 Å². The summed E-state index contributed by atoms with van der Waals surface area (Å²) in [7, 11) is 0. The number of rotatable bonds is 5. The molecular weight excluding hydrogens is 407 g/mol. The van der Waals surface area contributed by atoms with Gasteiger partial charge < -0.3 is 15.9 Å². The van der Waals surface area contributed by atoms with E-state index in [4.69, 9.17) is 39.1 Å². The molecule has 0 saturated heterocycles. The fourth-order valence-electron chi connectivity index (χ4n) is 2.34. The minimum atomic E-state index is -1.26. The van der Waals surface area contributed by atoms with Crippen LogP contribution in [0.5, 0.6) is 0 Å². The van der Waals surface area contributed by atoms with E-state index < -0.39 is 11.9 Å². The number of benzene rings is 1. The third-order valence-electron chi connectivity index (χ3n) is 3.45. The summed E-state index contributed by atoms with van der Waals surface area (Å²) in [4.78, 5) is 23.3. The Labute approximate surface area is 169 Å². The number of pyridine rings is 1. The summed E-state index contributed by atoms with van der Waals surface area (Å²) in [6, 6.07) is 7.30. The second-order valence-corrected chi connectivity index (χ2v) is 6.23. The summed E-state index contributed by atoms with van der Waals surface area (Å²) in [6.45, 7) is 1.17. The molecule has 8 nitrogen and oxygen atoms in total. The van der Waals surface area contributed by atoms with Crippen LogP contribution in [0.2, 0.25) is 10.0 Å². The standard InChI is InChI=1S/C14H12Cl2N4.C4H4O4/c15-9-1-2-10(12(16)7-9)14-11-8-18-5-3-13(11)20(19-14)6-4-17;5-3(6)1-2-4(7)8/h1-3,5,7-8H,4,6,17H2;1-2H,(H,5,6)(H,7,8). The van der Waals surface area contributed by atoms with Crippen molar-refractivity contribution < 1.29 is 19.8 Å². The molecule has 0 fully saturated rings. The van der Waals surface area contributed by atoms with Crippen LogP contribution < -0.4 is 5.73 Å². The zero-order valence-electron chi connectivity index (χ0n) is 14.4. The molecular formula is C18H16Cl2N4O4. The first kappa shape index (κ1) is 21.4. The smallest absolute Gasteiger partial charge is 0.328 e. The van der Waals surface area contributed by atoms with E-state index >= 15 is 0 Å². The van der Waals surface area contributed by atoms with Crippen LogP contribution in [0.4, 0.5) is 0 Å². The topological polar surface area (TPSA) is 131 Å². The number of halogens is 2. The van der Waals surface area contributed by atoms with Gasteiger partial charge in [0.2, 0.25) is 0 Å². The van der Waals surface area contributed by atoms with Gasteiger partial charge in [0.1, 0.15) is 5.69 Å². The number of hydrogen-bond acceptors (Lipinski definition) is 5. The number of aliphatic carboxylic acids is 2. The van der Waals surface area contributed by atoms with E-state index in [-0.39, 0.29) is 0 Å². The predicted molar refractivity (Wildman–Crippen MR) is 106 cm³/mol. The molecule has 2 heterocycles. The highest BCUT2D eigenvalue weighted by Crippen LogP contribution is 2.33. The average molecular weight is 423 g/mol. The van der Waals surface area contributed by atoms with Crippen LogP contribution >= 0.6 is 23.2 Å². The van der Waals surface area contributed by atoms with Gasteiger partial charge in [-0.25, -0.2) is 9.59 Å². The van der Waals surface area contributed by atoms with E-state index in [1.165, 1.54) is 0 Å². The Morgan fingerprint density at radius 3 is 2.39 bits per heavy atom. The SMILES string of the molecule is NCCn1nc(-c2ccc(Cl)cc2Cl)c2cnccc21.O=C(O)C=CC(=O)O. The quantitative estimate of drug-likeness (QED) is 0.538. The maximum Gasteiger partial charge on any atom is 0.328 e. The molecule has 0 spiro atoms. The second kappa shape index (κ2) is 9.84. The lowest BCUT2D eigenvalue weighted by atomic mass is 10.1. The lowest BCUT2D eigenvalue weighted by Crippen LogP contribution is -2.10. The molecule has 3 aromatic rings. The fourth-order valence-corrected chi connectivity index (χ4v) is 2.84. The normalized spacial score (nSPS) is 10.7. The van der Waals surface area contributed by atoms with Crippen LogP contribution in [0.15, 0.2) is 48.8 Å². The highest BCUT2D eigenvalue weighted by atomic mass is 35.5. The third-order valence-corrected chi connectivity index (χ3v) is 4.00. The Morgan fingerprint density at radius 2 is 1.82 bits per heavy atom. The molecule has 0 aliphatic rings. The van der Waals surface area contributed by atoms with Crippen LogP contribution in [0.3, 0.4) is 0 Å². The lowest BCUT2D eigenvalue weighted by Gasteiger charge is -2.02. The molecule has 3 rings (SSSR count). The number of carboxylic acid groups (broad SMARTS) is 2. The monoisotopic (exact) mass is 422 g/mol. The minimum absolute atomic E-state index is 0.521. The van der Waals surface area contributed by atoms with Gasteiger partial charge >= 0.3 is 11.9 Å². The van der Waals surface area contributed by atoms with Gasteiger partial charge in [-0.15, -0.1) is 0 Å². The summed E-state index contributed by atoms with van der Waals surface area (Å²) < 4.78 is 1.87. The minimum Gasteiger partial charge on any atom is -0.478 e. The molecule has 0 radical (unpaired) electrons. The van der Waals surface area contributed by atoms with Crippen molar-refractivity contribution in [2.45, 2.75) is 6.54 Å². The van der Waals surface area contributed by atoms with Gasteiger partial charge in [-0.1, -0.05) is 23.2 Å². The molecule has 1 aromatic carbocycles. The molecule has 4 N–H and O–H groups in total. The van der Waals surface area contributed by atoms with Gasteiger partial charge in [-0.2, -0.15) is 5.10 Å². The molecule has 2 aromatic heterocycles. The molecule has 146 valence electrons. The van der Waals surface area contributed by atoms with Gasteiger partial charge in [0, 0.05) is 47.1 Å². The van der Waals surface area contributed by atoms with E-state index in [2.05, 4.69) is 10.1 Å². The lowest BCUT2D eigenvalue weighted by molar-refractivity contribution is -0.134. The Morgan fingerprint density at radius 1 is 1.14 bits per heavy atom. The summed E-state index contributed by atoms with van der Waals surface area (Å²) in [6.07, 6.45) is 4.64. The molecule has 0 amide bonds. The van der Waals surface area contributed by atoms with Crippen molar-refractivity contribution >= 4 is 46.0 Å². The molecule has 0 unspecified atom stereocenters. The Kier molecular flexibility index (Phi) is 7.51. The highest BCUT2D eigenvalue weighted by Gasteiger charge is 2.14. The predicted octanol–water partition coefficient (Wildman–Crippen LogP) is 3.08. The number of nitrogens with zero attached hydrogens (tertiary/aromatic N) is 3. The van der Waals surface area contributed by atoms with Gasteiger partial charge in [0.15, 0.2) is 0 Å². The van der Waals surface area contributed by atoms with Crippen molar-refractivity contribution in [1.82, 2.24) is 14.8 Å². The maximum absolute atomic E-state index is 9.55. The number of aromatic nitrogens is 3. The van der Waals surface area contributed by atoms with Crippen LogP contribution in [-0.4, -0.2) is 43.5 Å². The Hall–Kier alpha value is -2.94. The average Bonchev–Trinajstić information content (AvgIpc) is 3.00. The van der Waals surface area contributed by atoms with E-state index in [0.29, 0.717) is 35.3 Å². The van der Waals surface area contributed by atoms with Crippen molar-refractivity contribution in [3.8, 4) is 11.3 Å². The molecule has 28 heavy (non-hydrogen) atoms. The second-order valence-electron chi connectivity index (χ2n) is 5.39. The first-order chi connectivity index (χ1) is 13.3. The molecule has 0 aliphatic carbocycles. The molecule has 0 atom stereocenters. The fraction of sp³-hybridized carbons (Fsp3) is 0.111. The van der Waals surface area contributed by atoms with Gasteiger partial charge in [-0.3, -0.25) is 9.67 Å². The highest BCUT2D eigenvalue weighted by molar-refractivity contribution is 6.36. The van der Waals surface area contributed by atoms with Crippen molar-refractivity contribution in [2.75, 3.05) is 6.54 Å². The van der Waals surface area contributed by atoms with Crippen molar-refractivity contribution in [2.24, 2.45) is 5.73 Å². The molecule has 0 saturated carbocycles. The van der Waals surface area contributed by atoms with E-state index in [1.54, 1.807) is 24.5 Å². The zero-order valence-corrected chi connectivity index (χ0v) is 15.9. The van der Waals surface area contributed by atoms with Crippen molar-refractivity contribution in [3.63, 3.8) is 0 Å². The van der Waals surface area contributed by atoms with Crippen LogP contribution in [0.1, 0.15) is 0 Å². The number of fused-ring (bicyclic) bond motifs is 1. The van der Waals surface area contributed by atoms with Crippen LogP contribution in [0, 0.1) is 0 Å². The molecule has 0 aliphatic heterocycles. The summed E-state index contributed by atoms with van der Waals surface area (Å²) >= 11 is 12.2. The summed E-state index contributed by atoms with van der Waals surface area (Å²) in [5.74, 6) is -2.51. The van der Waals surface area contributed by atoms with Gasteiger partial charge in [-0.05, 0) is 24.3 Å². The Balaban J connectivity index is 0.000000300. The van der Waals surface area contributed by atoms with Gasteiger partial charge in [0.25, 0.3) is 0 Å². The molecule has 0 bridgehead atoms. The maximum atomic E-state index is 9.55. The number of carbonyl (C=O) groups is 2. The summed E-state index contributed by atoms with van der Waals surface area (Å²) in [5, 5.41) is 22.4. The first-order valence-corrected chi connectivity index (χ1v) is 8.69. The third kappa shape index (κ3) is 5.53. The van der Waals surface area contributed by atoms with Crippen LogP contribution in [0.25, 0.3) is 22.2 Å². The van der Waals surface area contributed by atoms with E-state index in [9.17, 15) is 9.59 Å². The number of nitrogens with two attached hydrogens (primary N) is 1. The largest absolute Gasteiger partial charge is 0.478 e. The van der Waals surface area contributed by atoms with E-state index in [1.807, 2.05) is 16.8 Å². The first-order valence-electron chi connectivity index (χ1n) is 7.93. The van der Waals surface area contributed by atoms with Crippen LogP contribution in [-0.2, 0) is 16.1 Å².